The summed E-state index contributed by atoms with van der Waals surface area (Å²) < 4.78 is 11.3. The van der Waals surface area contributed by atoms with Gasteiger partial charge in [-0.25, -0.2) is 0 Å². The van der Waals surface area contributed by atoms with E-state index in [2.05, 4.69) is 6.92 Å². The third kappa shape index (κ3) is 4.06. The maximum absolute atomic E-state index is 5.78. The van der Waals surface area contributed by atoms with E-state index in [0.717, 1.165) is 19.1 Å². The number of ether oxygens (including phenoxy) is 2. The van der Waals surface area contributed by atoms with E-state index in [1.807, 2.05) is 0 Å². The van der Waals surface area contributed by atoms with Gasteiger partial charge in [0, 0.05) is 13.2 Å². The van der Waals surface area contributed by atoms with Gasteiger partial charge in [0.05, 0.1) is 12.2 Å². The van der Waals surface area contributed by atoms with Crippen LogP contribution in [-0.2, 0) is 9.47 Å². The first-order valence-electron chi connectivity index (χ1n) is 7.13. The molecule has 1 saturated carbocycles. The van der Waals surface area contributed by atoms with E-state index in [1.54, 1.807) is 0 Å². The van der Waals surface area contributed by atoms with E-state index >= 15 is 0 Å². The summed E-state index contributed by atoms with van der Waals surface area (Å²) in [4.78, 5) is 0. The maximum Gasteiger partial charge on any atom is 0.0842 e. The minimum atomic E-state index is 0.620. The van der Waals surface area contributed by atoms with Crippen LogP contribution in [0, 0.1) is 5.92 Å². The lowest BCUT2D eigenvalue weighted by Gasteiger charge is -2.14. The fraction of sp³-hybridized carbons (Fsp3) is 1.00. The average Bonchev–Trinajstić information content (AvgIpc) is 3.03. The zero-order valence-corrected chi connectivity index (χ0v) is 10.6. The third-order valence-electron chi connectivity index (χ3n) is 3.90. The highest BCUT2D eigenvalue weighted by Crippen LogP contribution is 2.37. The summed E-state index contributed by atoms with van der Waals surface area (Å²) in [6.07, 6.45) is 11.7. The van der Waals surface area contributed by atoms with E-state index in [4.69, 9.17) is 9.47 Å². The molecule has 0 amide bonds. The van der Waals surface area contributed by atoms with Crippen LogP contribution in [0.1, 0.15) is 58.3 Å². The van der Waals surface area contributed by atoms with Gasteiger partial charge in [-0.2, -0.15) is 0 Å². The van der Waals surface area contributed by atoms with Gasteiger partial charge < -0.3 is 9.47 Å². The molecule has 0 aromatic heterocycles. The number of hydrogen-bond donors (Lipinski definition) is 0. The second-order valence-corrected chi connectivity index (χ2v) is 5.37. The van der Waals surface area contributed by atoms with Crippen LogP contribution in [0.5, 0.6) is 0 Å². The lowest BCUT2D eigenvalue weighted by atomic mass is 10.0. The van der Waals surface area contributed by atoms with Crippen molar-refractivity contribution >= 4 is 0 Å². The van der Waals surface area contributed by atoms with Gasteiger partial charge in [0.25, 0.3) is 0 Å². The minimum Gasteiger partial charge on any atom is -0.381 e. The van der Waals surface area contributed by atoms with Gasteiger partial charge in [-0.1, -0.05) is 26.2 Å². The smallest absolute Gasteiger partial charge is 0.0842 e. The molecule has 1 saturated heterocycles. The van der Waals surface area contributed by atoms with E-state index in [-0.39, 0.29) is 0 Å². The molecule has 2 rings (SSSR count). The minimum absolute atomic E-state index is 0.620. The van der Waals surface area contributed by atoms with Crippen molar-refractivity contribution in [1.29, 1.82) is 0 Å². The van der Waals surface area contributed by atoms with Crippen molar-refractivity contribution in [3.05, 3.63) is 0 Å². The van der Waals surface area contributed by atoms with E-state index in [1.165, 1.54) is 51.4 Å². The Morgan fingerprint density at radius 1 is 1.00 bits per heavy atom. The van der Waals surface area contributed by atoms with Crippen LogP contribution in [0.3, 0.4) is 0 Å². The number of epoxide rings is 1. The van der Waals surface area contributed by atoms with Crippen LogP contribution in [0.25, 0.3) is 0 Å². The Morgan fingerprint density at radius 2 is 1.75 bits per heavy atom. The second-order valence-electron chi connectivity index (χ2n) is 5.37. The molecule has 94 valence electrons. The van der Waals surface area contributed by atoms with Gasteiger partial charge >= 0.3 is 0 Å². The van der Waals surface area contributed by atoms with E-state index in [0.29, 0.717) is 12.2 Å². The van der Waals surface area contributed by atoms with Crippen LogP contribution in [0.4, 0.5) is 0 Å². The Kier molecular flexibility index (Phi) is 5.11. The Hall–Kier alpha value is -0.0800. The number of unbranched alkanes of at least 4 members (excludes halogenated alkanes) is 3. The predicted molar refractivity (Wildman–Crippen MR) is 65.6 cm³/mol. The van der Waals surface area contributed by atoms with Gasteiger partial charge in [-0.15, -0.1) is 0 Å². The molecule has 0 aromatic carbocycles. The van der Waals surface area contributed by atoms with Crippen LogP contribution >= 0.6 is 0 Å². The highest BCUT2D eigenvalue weighted by molar-refractivity contribution is 4.88. The van der Waals surface area contributed by atoms with Crippen molar-refractivity contribution < 1.29 is 9.47 Å². The molecule has 2 aliphatic rings. The summed E-state index contributed by atoms with van der Waals surface area (Å²) in [6, 6.07) is 0. The molecule has 16 heavy (non-hydrogen) atoms. The van der Waals surface area contributed by atoms with Crippen molar-refractivity contribution in [3.8, 4) is 0 Å². The van der Waals surface area contributed by atoms with Gasteiger partial charge in [0.1, 0.15) is 0 Å². The monoisotopic (exact) mass is 226 g/mol. The first-order chi connectivity index (χ1) is 7.90. The fourth-order valence-corrected chi connectivity index (χ4v) is 2.68. The van der Waals surface area contributed by atoms with Gasteiger partial charge in [-0.3, -0.25) is 0 Å². The van der Waals surface area contributed by atoms with Crippen molar-refractivity contribution in [1.82, 2.24) is 0 Å². The van der Waals surface area contributed by atoms with Crippen LogP contribution in [0.2, 0.25) is 0 Å². The first-order valence-corrected chi connectivity index (χ1v) is 7.13. The Bertz CT molecular complexity index is 181. The largest absolute Gasteiger partial charge is 0.381 e. The standard InChI is InChI=1S/C14H26O2/c1-2-3-4-5-10-15-11-12-6-8-13-14(16-13)9-7-12/h12-14H,2-11H2,1H3. The molecule has 0 bridgehead atoms. The maximum atomic E-state index is 5.78. The predicted octanol–water partition coefficient (Wildman–Crippen LogP) is 3.54. The molecule has 2 nitrogen and oxygen atoms in total. The van der Waals surface area contributed by atoms with Crippen LogP contribution < -0.4 is 0 Å². The molecule has 2 unspecified atom stereocenters. The molecule has 1 heterocycles. The quantitative estimate of drug-likeness (QED) is 0.489. The summed E-state index contributed by atoms with van der Waals surface area (Å²) in [5.74, 6) is 0.808. The van der Waals surface area contributed by atoms with E-state index in [9.17, 15) is 0 Å². The molecule has 0 aromatic rings. The van der Waals surface area contributed by atoms with Crippen molar-refractivity contribution in [2.24, 2.45) is 5.92 Å². The summed E-state index contributed by atoms with van der Waals surface area (Å²) in [5, 5.41) is 0. The van der Waals surface area contributed by atoms with Crippen molar-refractivity contribution in [2.75, 3.05) is 13.2 Å². The van der Waals surface area contributed by atoms with Gasteiger partial charge in [0.2, 0.25) is 0 Å². The molecule has 2 fully saturated rings. The lowest BCUT2D eigenvalue weighted by Crippen LogP contribution is -2.10. The van der Waals surface area contributed by atoms with Crippen molar-refractivity contribution in [2.45, 2.75) is 70.5 Å². The van der Waals surface area contributed by atoms with Gasteiger partial charge in [0.15, 0.2) is 0 Å². The normalized spacial score (nSPS) is 33.2. The first kappa shape index (κ1) is 12.4. The van der Waals surface area contributed by atoms with Crippen molar-refractivity contribution in [3.63, 3.8) is 0 Å². The fourth-order valence-electron chi connectivity index (χ4n) is 2.68. The summed E-state index contributed by atoms with van der Waals surface area (Å²) in [7, 11) is 0. The molecule has 1 aliphatic heterocycles. The molecule has 2 atom stereocenters. The number of hydrogen-bond acceptors (Lipinski definition) is 2. The average molecular weight is 226 g/mol. The van der Waals surface area contributed by atoms with Gasteiger partial charge in [-0.05, 0) is 38.0 Å². The zero-order valence-electron chi connectivity index (χ0n) is 10.6. The number of rotatable bonds is 7. The number of fused-ring (bicyclic) bond motifs is 1. The highest BCUT2D eigenvalue weighted by Gasteiger charge is 2.40. The topological polar surface area (TPSA) is 21.8 Å². The summed E-state index contributed by atoms with van der Waals surface area (Å²) >= 11 is 0. The Labute approximate surface area is 99.7 Å². The van der Waals surface area contributed by atoms with Crippen LogP contribution in [-0.4, -0.2) is 25.4 Å². The third-order valence-corrected chi connectivity index (χ3v) is 3.90. The molecule has 2 heteroatoms. The summed E-state index contributed by atoms with van der Waals surface area (Å²) in [5.41, 5.74) is 0. The molecule has 0 N–H and O–H groups in total. The molecule has 0 spiro atoms. The molecular formula is C14H26O2. The second kappa shape index (κ2) is 6.61. The molecular weight excluding hydrogens is 200 g/mol. The summed E-state index contributed by atoms with van der Waals surface area (Å²) in [6.45, 7) is 4.21. The zero-order chi connectivity index (χ0) is 11.2. The van der Waals surface area contributed by atoms with E-state index < -0.39 is 0 Å². The SMILES string of the molecule is CCCCCCOCC1CCC2OC2CC1. The molecule has 0 radical (unpaired) electrons. The lowest BCUT2D eigenvalue weighted by molar-refractivity contribution is 0.0867. The molecule has 1 aliphatic carbocycles. The Morgan fingerprint density at radius 3 is 2.44 bits per heavy atom. The highest BCUT2D eigenvalue weighted by atomic mass is 16.6. The van der Waals surface area contributed by atoms with Crippen LogP contribution in [0.15, 0.2) is 0 Å². The Balaban J connectivity index is 1.46.